The number of carbonyl (C=O) groups excluding carboxylic acids is 1. The molecule has 1 aromatic heterocycles. The lowest BCUT2D eigenvalue weighted by Crippen LogP contribution is -2.46. The first-order valence-corrected chi connectivity index (χ1v) is 6.65. The standard InChI is InChI=1S/C13H19N3O4/c1-8-5-12(20-15-8)14-11(17)7-16-4-3-10(13(18)19)6-9(16)2/h5,9-10H,3-4,6-7H2,1-2H3,(H,14,17)(H,18,19). The number of hydrogen-bond acceptors (Lipinski definition) is 5. The summed E-state index contributed by atoms with van der Waals surface area (Å²) in [7, 11) is 0. The summed E-state index contributed by atoms with van der Waals surface area (Å²) in [6.07, 6.45) is 1.15. The van der Waals surface area contributed by atoms with Crippen LogP contribution in [0.25, 0.3) is 0 Å². The Balaban J connectivity index is 1.84. The van der Waals surface area contributed by atoms with E-state index >= 15 is 0 Å². The second-order valence-corrected chi connectivity index (χ2v) is 5.26. The zero-order valence-corrected chi connectivity index (χ0v) is 11.6. The van der Waals surface area contributed by atoms with Crippen molar-refractivity contribution >= 4 is 17.8 Å². The molecule has 0 saturated carbocycles. The molecule has 2 rings (SSSR count). The third-order valence-corrected chi connectivity index (χ3v) is 3.60. The van der Waals surface area contributed by atoms with E-state index < -0.39 is 5.97 Å². The highest BCUT2D eigenvalue weighted by Crippen LogP contribution is 2.22. The normalized spacial score (nSPS) is 23.5. The van der Waals surface area contributed by atoms with Crippen molar-refractivity contribution in [1.29, 1.82) is 0 Å². The molecule has 0 aromatic carbocycles. The van der Waals surface area contributed by atoms with Gasteiger partial charge in [-0.3, -0.25) is 19.8 Å². The first kappa shape index (κ1) is 14.5. The summed E-state index contributed by atoms with van der Waals surface area (Å²) in [4.78, 5) is 24.8. The molecule has 2 N–H and O–H groups in total. The minimum absolute atomic E-state index is 0.0760. The number of likely N-dealkylation sites (tertiary alicyclic amines) is 1. The van der Waals surface area contributed by atoms with Crippen molar-refractivity contribution in [1.82, 2.24) is 10.1 Å². The van der Waals surface area contributed by atoms with Crippen LogP contribution in [0.2, 0.25) is 0 Å². The summed E-state index contributed by atoms with van der Waals surface area (Å²) in [5.74, 6) is -0.901. The van der Waals surface area contributed by atoms with Gasteiger partial charge in [0.1, 0.15) is 0 Å². The summed E-state index contributed by atoms with van der Waals surface area (Å²) in [6.45, 7) is 4.56. The molecule has 0 bridgehead atoms. The summed E-state index contributed by atoms with van der Waals surface area (Å²) < 4.78 is 4.92. The number of carbonyl (C=O) groups is 2. The van der Waals surface area contributed by atoms with Crippen molar-refractivity contribution in [3.8, 4) is 0 Å². The van der Waals surface area contributed by atoms with Crippen LogP contribution in [-0.4, -0.2) is 46.2 Å². The van der Waals surface area contributed by atoms with Crippen LogP contribution in [0, 0.1) is 12.8 Å². The Labute approximate surface area is 116 Å². The fraction of sp³-hybridized carbons (Fsp3) is 0.615. The molecule has 20 heavy (non-hydrogen) atoms. The predicted octanol–water partition coefficient (Wildman–Crippen LogP) is 1.11. The van der Waals surface area contributed by atoms with E-state index in [9.17, 15) is 9.59 Å². The third-order valence-electron chi connectivity index (χ3n) is 3.60. The molecule has 1 amide bonds. The van der Waals surface area contributed by atoms with E-state index in [0.717, 1.165) is 0 Å². The molecule has 1 aliphatic rings. The van der Waals surface area contributed by atoms with E-state index in [-0.39, 0.29) is 24.4 Å². The maximum atomic E-state index is 11.9. The lowest BCUT2D eigenvalue weighted by atomic mass is 9.92. The summed E-state index contributed by atoms with van der Waals surface area (Å²) in [6, 6.07) is 1.73. The molecular weight excluding hydrogens is 262 g/mol. The topological polar surface area (TPSA) is 95.7 Å². The minimum atomic E-state index is -0.752. The number of piperidine rings is 1. The van der Waals surface area contributed by atoms with Crippen molar-refractivity contribution in [3.05, 3.63) is 11.8 Å². The minimum Gasteiger partial charge on any atom is -0.481 e. The Hall–Kier alpha value is -1.89. The fourth-order valence-corrected chi connectivity index (χ4v) is 2.46. The molecule has 2 atom stereocenters. The van der Waals surface area contributed by atoms with Gasteiger partial charge in [0.15, 0.2) is 0 Å². The van der Waals surface area contributed by atoms with Crippen LogP contribution in [0.5, 0.6) is 0 Å². The molecule has 1 saturated heterocycles. The second kappa shape index (κ2) is 6.04. The van der Waals surface area contributed by atoms with E-state index in [0.29, 0.717) is 31.0 Å². The Morgan fingerprint density at radius 3 is 2.90 bits per heavy atom. The molecular formula is C13H19N3O4. The molecule has 110 valence electrons. The van der Waals surface area contributed by atoms with E-state index in [2.05, 4.69) is 10.5 Å². The number of rotatable bonds is 4. The number of carboxylic acids is 1. The molecule has 0 radical (unpaired) electrons. The summed E-state index contributed by atoms with van der Waals surface area (Å²) in [5, 5.41) is 15.3. The molecule has 7 heteroatoms. The highest BCUT2D eigenvalue weighted by atomic mass is 16.5. The van der Waals surface area contributed by atoms with Gasteiger partial charge < -0.3 is 9.63 Å². The van der Waals surface area contributed by atoms with E-state index in [1.807, 2.05) is 11.8 Å². The molecule has 1 aliphatic heterocycles. The smallest absolute Gasteiger partial charge is 0.306 e. The molecule has 2 unspecified atom stereocenters. The Morgan fingerprint density at radius 2 is 2.35 bits per heavy atom. The number of hydrogen-bond donors (Lipinski definition) is 2. The first-order chi connectivity index (χ1) is 9.45. The lowest BCUT2D eigenvalue weighted by Gasteiger charge is -2.35. The van der Waals surface area contributed by atoms with Crippen LogP contribution in [0.3, 0.4) is 0 Å². The predicted molar refractivity (Wildman–Crippen MR) is 71.3 cm³/mol. The van der Waals surface area contributed by atoms with Crippen LogP contribution < -0.4 is 5.32 Å². The van der Waals surface area contributed by atoms with E-state index in [4.69, 9.17) is 9.63 Å². The fourth-order valence-electron chi connectivity index (χ4n) is 2.46. The summed E-state index contributed by atoms with van der Waals surface area (Å²) >= 11 is 0. The van der Waals surface area contributed by atoms with Gasteiger partial charge in [0.2, 0.25) is 11.8 Å². The Kier molecular flexibility index (Phi) is 4.39. The van der Waals surface area contributed by atoms with Gasteiger partial charge in [-0.1, -0.05) is 5.16 Å². The Morgan fingerprint density at radius 1 is 1.60 bits per heavy atom. The second-order valence-electron chi connectivity index (χ2n) is 5.26. The van der Waals surface area contributed by atoms with Gasteiger partial charge in [-0.15, -0.1) is 0 Å². The number of aromatic nitrogens is 1. The van der Waals surface area contributed by atoms with Crippen molar-refractivity contribution in [2.24, 2.45) is 5.92 Å². The first-order valence-electron chi connectivity index (χ1n) is 6.65. The maximum Gasteiger partial charge on any atom is 0.306 e. The van der Waals surface area contributed by atoms with Gasteiger partial charge in [-0.2, -0.15) is 0 Å². The SMILES string of the molecule is Cc1cc(NC(=O)CN2CCC(C(=O)O)CC2C)on1. The van der Waals surface area contributed by atoms with Gasteiger partial charge >= 0.3 is 5.97 Å². The average molecular weight is 281 g/mol. The number of nitrogens with zero attached hydrogens (tertiary/aromatic N) is 2. The monoisotopic (exact) mass is 281 g/mol. The van der Waals surface area contributed by atoms with Crippen LogP contribution in [-0.2, 0) is 9.59 Å². The molecule has 0 aliphatic carbocycles. The molecule has 1 aromatic rings. The number of aryl methyl sites for hydroxylation is 1. The Bertz CT molecular complexity index is 500. The van der Waals surface area contributed by atoms with Gasteiger partial charge in [-0.25, -0.2) is 0 Å². The van der Waals surface area contributed by atoms with Crippen molar-refractivity contribution in [3.63, 3.8) is 0 Å². The van der Waals surface area contributed by atoms with Crippen LogP contribution >= 0.6 is 0 Å². The largest absolute Gasteiger partial charge is 0.481 e. The van der Waals surface area contributed by atoms with E-state index in [1.54, 1.807) is 13.0 Å². The van der Waals surface area contributed by atoms with Gasteiger partial charge in [0, 0.05) is 12.1 Å². The number of carboxylic acid groups (broad SMARTS) is 1. The zero-order valence-electron chi connectivity index (χ0n) is 11.6. The maximum absolute atomic E-state index is 11.9. The van der Waals surface area contributed by atoms with Crippen LogP contribution in [0.4, 0.5) is 5.88 Å². The average Bonchev–Trinajstić information content (AvgIpc) is 2.77. The van der Waals surface area contributed by atoms with Gasteiger partial charge in [-0.05, 0) is 33.2 Å². The molecule has 2 heterocycles. The van der Waals surface area contributed by atoms with Crippen molar-refractivity contribution < 1.29 is 19.2 Å². The highest BCUT2D eigenvalue weighted by molar-refractivity contribution is 5.91. The third kappa shape index (κ3) is 3.57. The lowest BCUT2D eigenvalue weighted by molar-refractivity contribution is -0.144. The quantitative estimate of drug-likeness (QED) is 0.858. The zero-order chi connectivity index (χ0) is 14.7. The van der Waals surface area contributed by atoms with Crippen molar-refractivity contribution in [2.45, 2.75) is 32.7 Å². The highest BCUT2D eigenvalue weighted by Gasteiger charge is 2.30. The number of anilines is 1. The molecule has 0 spiro atoms. The van der Waals surface area contributed by atoms with Crippen LogP contribution in [0.15, 0.2) is 10.6 Å². The van der Waals surface area contributed by atoms with E-state index in [1.165, 1.54) is 0 Å². The van der Waals surface area contributed by atoms with Gasteiger partial charge in [0.25, 0.3) is 0 Å². The number of nitrogens with one attached hydrogen (secondary N) is 1. The molecule has 1 fully saturated rings. The molecule has 7 nitrogen and oxygen atoms in total. The van der Waals surface area contributed by atoms with Gasteiger partial charge in [0.05, 0.1) is 18.2 Å². The van der Waals surface area contributed by atoms with Crippen LogP contribution in [0.1, 0.15) is 25.5 Å². The summed E-state index contributed by atoms with van der Waals surface area (Å²) in [5.41, 5.74) is 0.705. The van der Waals surface area contributed by atoms with Crippen molar-refractivity contribution in [2.75, 3.05) is 18.4 Å². The number of aliphatic carboxylic acids is 1. The number of amides is 1.